The van der Waals surface area contributed by atoms with Crippen molar-refractivity contribution in [3.8, 4) is 6.07 Å². The smallest absolute Gasteiger partial charge is 0.305 e. The van der Waals surface area contributed by atoms with Gasteiger partial charge in [0.2, 0.25) is 0 Å². The van der Waals surface area contributed by atoms with Gasteiger partial charge >= 0.3 is 5.97 Å². The number of nitrogens with zero attached hydrogens (tertiary/aromatic N) is 2. The zero-order valence-electron chi connectivity index (χ0n) is 10.6. The van der Waals surface area contributed by atoms with Crippen molar-refractivity contribution in [1.29, 1.82) is 5.26 Å². The fourth-order valence-electron chi connectivity index (χ4n) is 1.47. The Balaban J connectivity index is 2.37. The van der Waals surface area contributed by atoms with E-state index in [1.165, 1.54) is 0 Å². The first-order valence-corrected chi connectivity index (χ1v) is 5.94. The van der Waals surface area contributed by atoms with Gasteiger partial charge in [-0.25, -0.2) is 4.98 Å². The molecular formula is C13H17N3O2. The van der Waals surface area contributed by atoms with E-state index < -0.39 is 0 Å². The van der Waals surface area contributed by atoms with Gasteiger partial charge in [0.25, 0.3) is 0 Å². The minimum atomic E-state index is -0.177. The van der Waals surface area contributed by atoms with Crippen LogP contribution in [0.3, 0.4) is 0 Å². The maximum atomic E-state index is 11.2. The molecule has 0 bridgehead atoms. The number of nitriles is 1. The second kappa shape index (κ2) is 7.28. The topological polar surface area (TPSA) is 75.0 Å². The van der Waals surface area contributed by atoms with Crippen LogP contribution in [0.15, 0.2) is 18.3 Å². The summed E-state index contributed by atoms with van der Waals surface area (Å²) < 4.78 is 4.86. The van der Waals surface area contributed by atoms with Gasteiger partial charge in [0.1, 0.15) is 11.8 Å². The van der Waals surface area contributed by atoms with Gasteiger partial charge in [-0.1, -0.05) is 0 Å². The van der Waals surface area contributed by atoms with E-state index in [4.69, 9.17) is 10.00 Å². The molecule has 0 saturated heterocycles. The number of aromatic nitrogens is 1. The third-order valence-electron chi connectivity index (χ3n) is 2.38. The Labute approximate surface area is 107 Å². The third-order valence-corrected chi connectivity index (χ3v) is 2.38. The molecule has 1 atom stereocenters. The monoisotopic (exact) mass is 247 g/mol. The van der Waals surface area contributed by atoms with Crippen LogP contribution in [0.2, 0.25) is 0 Å². The minimum Gasteiger partial charge on any atom is -0.466 e. The van der Waals surface area contributed by atoms with Crippen molar-refractivity contribution in [1.82, 2.24) is 4.98 Å². The van der Waals surface area contributed by atoms with Gasteiger partial charge in [0.05, 0.1) is 18.5 Å². The fraction of sp³-hybridized carbons (Fsp3) is 0.462. The van der Waals surface area contributed by atoms with Crippen molar-refractivity contribution in [3.63, 3.8) is 0 Å². The van der Waals surface area contributed by atoms with Gasteiger partial charge in [-0.05, 0) is 32.4 Å². The molecule has 0 fully saturated rings. The molecule has 0 saturated carbocycles. The Morgan fingerprint density at radius 3 is 2.94 bits per heavy atom. The van der Waals surface area contributed by atoms with E-state index in [0.29, 0.717) is 25.1 Å². The summed E-state index contributed by atoms with van der Waals surface area (Å²) in [6.45, 7) is 4.19. The summed E-state index contributed by atoms with van der Waals surface area (Å²) in [5.41, 5.74) is 1.23. The highest BCUT2D eigenvalue weighted by Crippen LogP contribution is 2.10. The lowest BCUT2D eigenvalue weighted by Crippen LogP contribution is -2.17. The molecule has 0 aliphatic carbocycles. The van der Waals surface area contributed by atoms with Crippen molar-refractivity contribution in [2.24, 2.45) is 0 Å². The molecule has 5 nitrogen and oxygen atoms in total. The molecule has 1 aromatic heterocycles. The number of rotatable bonds is 6. The Morgan fingerprint density at radius 2 is 2.39 bits per heavy atom. The van der Waals surface area contributed by atoms with Crippen LogP contribution in [0.4, 0.5) is 5.69 Å². The molecule has 1 rings (SSSR count). The molecule has 1 heterocycles. The number of esters is 1. The lowest BCUT2D eigenvalue weighted by atomic mass is 10.2. The maximum absolute atomic E-state index is 11.2. The third kappa shape index (κ3) is 4.83. The van der Waals surface area contributed by atoms with Gasteiger partial charge in [-0.2, -0.15) is 5.26 Å². The van der Waals surface area contributed by atoms with E-state index in [-0.39, 0.29) is 12.0 Å². The largest absolute Gasteiger partial charge is 0.466 e. The number of hydrogen-bond donors (Lipinski definition) is 1. The van der Waals surface area contributed by atoms with Crippen molar-refractivity contribution in [3.05, 3.63) is 24.0 Å². The molecule has 0 aromatic carbocycles. The van der Waals surface area contributed by atoms with E-state index in [1.54, 1.807) is 25.3 Å². The van der Waals surface area contributed by atoms with Gasteiger partial charge in [0.15, 0.2) is 0 Å². The quantitative estimate of drug-likeness (QED) is 0.779. The number of anilines is 1. The van der Waals surface area contributed by atoms with Gasteiger partial charge < -0.3 is 10.1 Å². The van der Waals surface area contributed by atoms with Crippen LogP contribution >= 0.6 is 0 Å². The molecule has 0 amide bonds. The van der Waals surface area contributed by atoms with Gasteiger partial charge in [0, 0.05) is 12.5 Å². The highest BCUT2D eigenvalue weighted by Gasteiger charge is 2.07. The Hall–Kier alpha value is -2.09. The molecule has 0 radical (unpaired) electrons. The number of carbonyl (C=O) groups excluding carboxylic acids is 1. The van der Waals surface area contributed by atoms with Gasteiger partial charge in [-0.3, -0.25) is 4.79 Å². The summed E-state index contributed by atoms with van der Waals surface area (Å²) in [4.78, 5) is 15.1. The molecule has 0 spiro atoms. The second-order valence-electron chi connectivity index (χ2n) is 3.93. The minimum absolute atomic E-state index is 0.143. The lowest BCUT2D eigenvalue weighted by molar-refractivity contribution is -0.143. The zero-order chi connectivity index (χ0) is 13.4. The molecule has 1 unspecified atom stereocenters. The van der Waals surface area contributed by atoms with E-state index in [9.17, 15) is 4.79 Å². The Kier molecular flexibility index (Phi) is 5.65. The van der Waals surface area contributed by atoms with E-state index in [0.717, 1.165) is 5.69 Å². The number of nitrogens with one attached hydrogen (secondary N) is 1. The van der Waals surface area contributed by atoms with Crippen molar-refractivity contribution in [2.45, 2.75) is 32.7 Å². The van der Waals surface area contributed by atoms with Crippen LogP contribution in [0, 0.1) is 11.3 Å². The van der Waals surface area contributed by atoms with Crippen LogP contribution in [0.25, 0.3) is 0 Å². The maximum Gasteiger partial charge on any atom is 0.305 e. The summed E-state index contributed by atoms with van der Waals surface area (Å²) in [6.07, 6.45) is 2.70. The second-order valence-corrected chi connectivity index (χ2v) is 3.93. The number of hydrogen-bond acceptors (Lipinski definition) is 5. The molecule has 18 heavy (non-hydrogen) atoms. The van der Waals surface area contributed by atoms with Crippen LogP contribution < -0.4 is 5.32 Å². The zero-order valence-corrected chi connectivity index (χ0v) is 10.6. The summed E-state index contributed by atoms with van der Waals surface area (Å²) in [5.74, 6) is -0.177. The Bertz CT molecular complexity index is 423. The highest BCUT2D eigenvalue weighted by molar-refractivity contribution is 5.69. The molecule has 0 aliphatic rings. The summed E-state index contributed by atoms with van der Waals surface area (Å²) in [5, 5.41) is 11.8. The molecule has 1 N–H and O–H groups in total. The lowest BCUT2D eigenvalue weighted by Gasteiger charge is -2.14. The SMILES string of the molecule is CCOC(=O)CCC(C)Nc1ccc(C#N)nc1. The average molecular weight is 247 g/mol. The standard InChI is InChI=1S/C13H17N3O2/c1-3-18-13(17)7-4-10(2)16-12-6-5-11(8-14)15-9-12/h5-6,9-10,16H,3-4,7H2,1-2H3. The first kappa shape index (κ1) is 14.0. The van der Waals surface area contributed by atoms with Crippen LogP contribution in [0.5, 0.6) is 0 Å². The summed E-state index contributed by atoms with van der Waals surface area (Å²) >= 11 is 0. The molecule has 96 valence electrons. The van der Waals surface area contributed by atoms with Crippen LogP contribution in [-0.4, -0.2) is 23.6 Å². The molecule has 0 aliphatic heterocycles. The van der Waals surface area contributed by atoms with E-state index in [1.807, 2.05) is 13.0 Å². The van der Waals surface area contributed by atoms with Gasteiger partial charge in [-0.15, -0.1) is 0 Å². The number of pyridine rings is 1. The predicted molar refractivity (Wildman–Crippen MR) is 67.9 cm³/mol. The average Bonchev–Trinajstić information content (AvgIpc) is 2.38. The van der Waals surface area contributed by atoms with Crippen molar-refractivity contribution < 1.29 is 9.53 Å². The highest BCUT2D eigenvalue weighted by atomic mass is 16.5. The molecule has 1 aromatic rings. The van der Waals surface area contributed by atoms with E-state index in [2.05, 4.69) is 10.3 Å². The summed E-state index contributed by atoms with van der Waals surface area (Å²) in [7, 11) is 0. The first-order valence-electron chi connectivity index (χ1n) is 5.94. The van der Waals surface area contributed by atoms with Crippen molar-refractivity contribution in [2.75, 3.05) is 11.9 Å². The van der Waals surface area contributed by atoms with E-state index >= 15 is 0 Å². The fourth-order valence-corrected chi connectivity index (χ4v) is 1.47. The number of ether oxygens (including phenoxy) is 1. The number of carbonyl (C=O) groups is 1. The normalized spacial score (nSPS) is 11.4. The predicted octanol–water partition coefficient (Wildman–Crippen LogP) is 2.10. The summed E-state index contributed by atoms with van der Waals surface area (Å²) in [6, 6.07) is 5.56. The first-order chi connectivity index (χ1) is 8.65. The van der Waals surface area contributed by atoms with Crippen molar-refractivity contribution >= 4 is 11.7 Å². The molecule has 5 heteroatoms. The van der Waals surface area contributed by atoms with Crippen LogP contribution in [0.1, 0.15) is 32.4 Å². The van der Waals surface area contributed by atoms with Crippen LogP contribution in [-0.2, 0) is 9.53 Å². The molecular weight excluding hydrogens is 230 g/mol. The Morgan fingerprint density at radius 1 is 1.61 bits per heavy atom.